The number of hydrogen-bond donors (Lipinski definition) is 3. The van der Waals surface area contributed by atoms with Gasteiger partial charge in [-0.25, -0.2) is 0 Å². The number of rotatable bonds is 9. The van der Waals surface area contributed by atoms with Gasteiger partial charge in [-0.2, -0.15) is 0 Å². The lowest BCUT2D eigenvalue weighted by atomic mass is 9.85. The van der Waals surface area contributed by atoms with E-state index in [4.69, 9.17) is 15.9 Å². The van der Waals surface area contributed by atoms with Crippen molar-refractivity contribution in [3.63, 3.8) is 0 Å². The van der Waals surface area contributed by atoms with Crippen molar-refractivity contribution in [2.75, 3.05) is 26.3 Å². The Balaban J connectivity index is 0.000000145. The molecule has 4 fully saturated rings. The zero-order chi connectivity index (χ0) is 26.5. The highest BCUT2D eigenvalue weighted by atomic mass is 16.6. The van der Waals surface area contributed by atoms with E-state index in [2.05, 4.69) is 16.9 Å². The normalized spacial score (nSPS) is 35.4. The van der Waals surface area contributed by atoms with Gasteiger partial charge in [0.1, 0.15) is 0 Å². The highest BCUT2D eigenvalue weighted by Gasteiger charge is 2.59. The van der Waals surface area contributed by atoms with Crippen LogP contribution >= 0.6 is 0 Å². The molecule has 2 amide bonds. The smallest absolute Gasteiger partial charge is 0.318 e. The Kier molecular flexibility index (Phi) is 9.31. The van der Waals surface area contributed by atoms with E-state index in [-0.39, 0.29) is 65.9 Å². The fraction of sp³-hybridized carbons (Fsp3) is 0.714. The Bertz CT molecular complexity index is 869. The van der Waals surface area contributed by atoms with E-state index in [1.54, 1.807) is 0 Å². The molecule has 37 heavy (non-hydrogen) atoms. The molecule has 0 aromatic rings. The molecule has 2 aliphatic heterocycles. The maximum atomic E-state index is 12.3. The SMILES string of the molecule is NCCCCCO.O=C1OC(=O)[C@H]2[C@@H]1[C@@H]1C=C[C@H]2C1.O=C1[C@@H]2[C@H](C(=O)N1CCCCCO)[C@H]1C=C[C@@H]2C1. The topological polar surface area (TPSA) is 147 Å². The summed E-state index contributed by atoms with van der Waals surface area (Å²) in [4.78, 5) is 48.4. The number of fused-ring (bicyclic) bond motifs is 10. The average molecular weight is 517 g/mol. The average Bonchev–Trinajstić information content (AvgIpc) is 3.73. The van der Waals surface area contributed by atoms with Gasteiger partial charge in [0, 0.05) is 19.8 Å². The van der Waals surface area contributed by atoms with Crippen LogP contribution in [-0.2, 0) is 23.9 Å². The Hall–Kier alpha value is -2.36. The number of carbonyl (C=O) groups excluding carboxylic acids is 4. The van der Waals surface area contributed by atoms with Crippen LogP contribution in [0.25, 0.3) is 0 Å². The number of esters is 2. The van der Waals surface area contributed by atoms with Gasteiger partial charge in [-0.3, -0.25) is 24.1 Å². The number of hydrogen-bond acceptors (Lipinski definition) is 8. The second-order valence-electron chi connectivity index (χ2n) is 10.9. The first-order chi connectivity index (χ1) is 17.9. The lowest BCUT2D eigenvalue weighted by Crippen LogP contribution is -2.33. The predicted octanol–water partition coefficient (Wildman–Crippen LogP) is 1.57. The molecule has 9 nitrogen and oxygen atoms in total. The molecule has 6 rings (SSSR count). The number of aliphatic hydroxyl groups is 2. The summed E-state index contributed by atoms with van der Waals surface area (Å²) in [5.74, 6) is 0.228. The molecule has 0 aromatic heterocycles. The van der Waals surface area contributed by atoms with Crippen LogP contribution in [0, 0.1) is 47.3 Å². The molecule has 2 heterocycles. The van der Waals surface area contributed by atoms with Crippen LogP contribution < -0.4 is 5.73 Å². The molecule has 0 radical (unpaired) electrons. The summed E-state index contributed by atoms with van der Waals surface area (Å²) in [7, 11) is 0. The minimum absolute atomic E-state index is 0.0471. The van der Waals surface area contributed by atoms with E-state index in [1.807, 2.05) is 12.2 Å². The highest BCUT2D eigenvalue weighted by molar-refractivity contribution is 6.06. The van der Waals surface area contributed by atoms with Crippen molar-refractivity contribution < 1.29 is 34.1 Å². The number of carbonyl (C=O) groups is 4. The van der Waals surface area contributed by atoms with E-state index in [1.165, 1.54) is 4.90 Å². The van der Waals surface area contributed by atoms with Crippen molar-refractivity contribution >= 4 is 23.8 Å². The number of allylic oxidation sites excluding steroid dienone is 4. The maximum Gasteiger partial charge on any atom is 0.318 e. The van der Waals surface area contributed by atoms with Crippen LogP contribution in [0.3, 0.4) is 0 Å². The number of amides is 2. The van der Waals surface area contributed by atoms with Crippen LogP contribution in [0.4, 0.5) is 0 Å². The molecule has 2 saturated heterocycles. The number of aliphatic hydroxyl groups excluding tert-OH is 2. The van der Waals surface area contributed by atoms with Crippen molar-refractivity contribution in [2.24, 2.45) is 53.1 Å². The first-order valence-electron chi connectivity index (χ1n) is 13.8. The summed E-state index contributed by atoms with van der Waals surface area (Å²) >= 11 is 0. The fourth-order valence-corrected chi connectivity index (χ4v) is 6.88. The Labute approximate surface area is 218 Å². The van der Waals surface area contributed by atoms with Crippen molar-refractivity contribution in [3.8, 4) is 0 Å². The van der Waals surface area contributed by atoms with Gasteiger partial charge in [-0.1, -0.05) is 24.3 Å². The monoisotopic (exact) mass is 516 g/mol. The van der Waals surface area contributed by atoms with Crippen LogP contribution in [0.5, 0.6) is 0 Å². The van der Waals surface area contributed by atoms with Crippen LogP contribution in [0.2, 0.25) is 0 Å². The molecule has 0 spiro atoms. The molecule has 4 N–H and O–H groups in total. The lowest BCUT2D eigenvalue weighted by Gasteiger charge is -2.16. The highest BCUT2D eigenvalue weighted by Crippen LogP contribution is 2.53. The van der Waals surface area contributed by atoms with E-state index in [9.17, 15) is 19.2 Å². The van der Waals surface area contributed by atoms with Gasteiger partial charge in [-0.15, -0.1) is 0 Å². The zero-order valence-electron chi connectivity index (χ0n) is 21.4. The number of cyclic esters (lactones) is 2. The molecule has 6 aliphatic rings. The standard InChI is InChI=1S/C14H19NO3.C9H8O3.C5H13NO/c16-7-3-1-2-6-15-13(17)11-9-4-5-10(8-9)12(11)14(15)18;10-8-6-4-1-2-5(3-4)7(6)9(11)12-8;6-4-2-1-3-5-7/h4-5,9-12,16H,1-3,6-8H2;1-2,4-7H,3H2;7H,1-6H2/t9-,10+,11+,12-;4-,5+,6+,7-;. The number of likely N-dealkylation sites (tertiary alicyclic amines) is 1. The van der Waals surface area contributed by atoms with Crippen LogP contribution in [0.1, 0.15) is 51.4 Å². The summed E-state index contributed by atoms with van der Waals surface area (Å²) in [6.45, 7) is 1.77. The first kappa shape index (κ1) is 27.7. The third-order valence-corrected chi connectivity index (χ3v) is 8.67. The Morgan fingerprint density at radius 2 is 1.11 bits per heavy atom. The summed E-state index contributed by atoms with van der Waals surface area (Å²) in [5.41, 5.74) is 5.19. The van der Waals surface area contributed by atoms with Gasteiger partial charge < -0.3 is 20.7 Å². The Morgan fingerprint density at radius 1 is 0.676 bits per heavy atom. The maximum absolute atomic E-state index is 12.3. The first-order valence-corrected chi connectivity index (χ1v) is 13.8. The van der Waals surface area contributed by atoms with E-state index in [0.717, 1.165) is 57.9 Å². The molecule has 204 valence electrons. The number of nitrogens with two attached hydrogens (primary N) is 1. The third kappa shape index (κ3) is 5.59. The fourth-order valence-electron chi connectivity index (χ4n) is 6.88. The number of unbranched alkanes of at least 4 members (excludes halogenated alkanes) is 4. The van der Waals surface area contributed by atoms with Gasteiger partial charge >= 0.3 is 11.9 Å². The summed E-state index contributed by atoms with van der Waals surface area (Å²) < 4.78 is 4.59. The number of ether oxygens (including phenoxy) is 1. The quantitative estimate of drug-likeness (QED) is 0.138. The Morgan fingerprint density at radius 3 is 1.54 bits per heavy atom. The van der Waals surface area contributed by atoms with Crippen molar-refractivity contribution in [1.82, 2.24) is 4.90 Å². The summed E-state index contributed by atoms with van der Waals surface area (Å²) in [6, 6.07) is 0. The molecule has 4 bridgehead atoms. The molecular weight excluding hydrogens is 476 g/mol. The second-order valence-corrected chi connectivity index (χ2v) is 10.9. The summed E-state index contributed by atoms with van der Waals surface area (Å²) in [6.07, 6.45) is 15.7. The summed E-state index contributed by atoms with van der Waals surface area (Å²) in [5, 5.41) is 17.0. The van der Waals surface area contributed by atoms with Crippen molar-refractivity contribution in [3.05, 3.63) is 24.3 Å². The van der Waals surface area contributed by atoms with Gasteiger partial charge in [0.2, 0.25) is 11.8 Å². The molecular formula is C28H40N2O7. The van der Waals surface area contributed by atoms with E-state index >= 15 is 0 Å². The van der Waals surface area contributed by atoms with Gasteiger partial charge in [0.25, 0.3) is 0 Å². The van der Waals surface area contributed by atoms with E-state index < -0.39 is 0 Å². The zero-order valence-corrected chi connectivity index (χ0v) is 21.4. The molecule has 0 unspecified atom stereocenters. The predicted molar refractivity (Wildman–Crippen MR) is 134 cm³/mol. The van der Waals surface area contributed by atoms with Gasteiger partial charge in [0.05, 0.1) is 23.7 Å². The second kappa shape index (κ2) is 12.5. The third-order valence-electron chi connectivity index (χ3n) is 8.67. The van der Waals surface area contributed by atoms with E-state index in [0.29, 0.717) is 25.0 Å². The molecule has 4 aliphatic carbocycles. The van der Waals surface area contributed by atoms with Crippen LogP contribution in [-0.4, -0.2) is 65.2 Å². The molecule has 0 aromatic carbocycles. The van der Waals surface area contributed by atoms with Crippen LogP contribution in [0.15, 0.2) is 24.3 Å². The van der Waals surface area contributed by atoms with Gasteiger partial charge in [-0.05, 0) is 81.6 Å². The number of nitrogens with zero attached hydrogens (tertiary/aromatic N) is 1. The van der Waals surface area contributed by atoms with Gasteiger partial charge in [0.15, 0.2) is 0 Å². The minimum Gasteiger partial charge on any atom is -0.396 e. The largest absolute Gasteiger partial charge is 0.396 e. The molecule has 2 saturated carbocycles. The van der Waals surface area contributed by atoms with Crippen molar-refractivity contribution in [1.29, 1.82) is 0 Å². The molecule has 8 atom stereocenters. The number of imide groups is 1. The minimum atomic E-state index is -0.304. The molecule has 9 heteroatoms. The van der Waals surface area contributed by atoms with Crippen molar-refractivity contribution in [2.45, 2.75) is 51.4 Å². The lowest BCUT2D eigenvalue weighted by molar-refractivity contribution is -0.154.